The molecule has 222 valence electrons. The maximum Gasteiger partial charge on any atom is 0.313 e. The van der Waals surface area contributed by atoms with Crippen LogP contribution >= 0.6 is 0 Å². The molecular weight excluding hydrogens is 532 g/mol. The number of ether oxygens (including phenoxy) is 1. The van der Waals surface area contributed by atoms with Crippen molar-refractivity contribution >= 4 is 17.8 Å². The van der Waals surface area contributed by atoms with Crippen molar-refractivity contribution in [2.24, 2.45) is 5.41 Å². The van der Waals surface area contributed by atoms with Gasteiger partial charge in [0.15, 0.2) is 0 Å². The Hall–Kier alpha value is -4.27. The zero-order valence-electron chi connectivity index (χ0n) is 25.2. The van der Waals surface area contributed by atoms with Crippen LogP contribution in [-0.2, 0) is 20.7 Å². The fraction of sp³-hybridized carbons (Fsp3) is 0.424. The van der Waals surface area contributed by atoms with Gasteiger partial charge in [-0.2, -0.15) is 5.10 Å². The van der Waals surface area contributed by atoms with Crippen LogP contribution in [0.5, 0.6) is 0 Å². The number of carbonyl (C=O) groups is 3. The van der Waals surface area contributed by atoms with E-state index in [9.17, 15) is 19.2 Å². The van der Waals surface area contributed by atoms with Gasteiger partial charge in [0.1, 0.15) is 0 Å². The predicted octanol–water partition coefficient (Wildman–Crippen LogP) is 4.34. The topological polar surface area (TPSA) is 121 Å². The van der Waals surface area contributed by atoms with Crippen LogP contribution in [0.25, 0.3) is 0 Å². The lowest BCUT2D eigenvalue weighted by molar-refractivity contribution is -0.159. The highest BCUT2D eigenvalue weighted by Crippen LogP contribution is 2.44. The van der Waals surface area contributed by atoms with E-state index in [2.05, 4.69) is 21.6 Å². The average Bonchev–Trinajstić information content (AvgIpc) is 3.41. The van der Waals surface area contributed by atoms with Gasteiger partial charge in [0.25, 0.3) is 11.5 Å². The fourth-order valence-corrected chi connectivity index (χ4v) is 5.81. The lowest BCUT2D eigenvalue weighted by atomic mass is 9.83. The van der Waals surface area contributed by atoms with Gasteiger partial charge in [-0.3, -0.25) is 19.2 Å². The van der Waals surface area contributed by atoms with Gasteiger partial charge in [-0.25, -0.2) is 5.10 Å². The molecule has 0 bridgehead atoms. The number of esters is 1. The Morgan fingerprint density at radius 2 is 1.81 bits per heavy atom. The normalized spacial score (nSPS) is 16.8. The third-order valence-electron chi connectivity index (χ3n) is 8.13. The maximum absolute atomic E-state index is 13.8. The average molecular weight is 573 g/mol. The smallest absolute Gasteiger partial charge is 0.313 e. The maximum atomic E-state index is 13.8. The summed E-state index contributed by atoms with van der Waals surface area (Å²) in [5, 5.41) is 9.21. The lowest BCUT2D eigenvalue weighted by Crippen LogP contribution is -2.51. The van der Waals surface area contributed by atoms with E-state index in [1.54, 1.807) is 30.0 Å². The van der Waals surface area contributed by atoms with Gasteiger partial charge < -0.3 is 15.0 Å². The fourth-order valence-electron chi connectivity index (χ4n) is 5.81. The van der Waals surface area contributed by atoms with Gasteiger partial charge in [0, 0.05) is 23.6 Å². The van der Waals surface area contributed by atoms with Crippen molar-refractivity contribution in [1.29, 1.82) is 0 Å². The molecule has 0 radical (unpaired) electrons. The van der Waals surface area contributed by atoms with E-state index in [1.807, 2.05) is 58.9 Å². The molecule has 4 rings (SSSR count). The van der Waals surface area contributed by atoms with Gasteiger partial charge in [-0.15, -0.1) is 0 Å². The van der Waals surface area contributed by atoms with Crippen LogP contribution in [0.3, 0.4) is 0 Å². The zero-order chi connectivity index (χ0) is 30.6. The number of aryl methyl sites for hydroxylation is 3. The van der Waals surface area contributed by atoms with E-state index >= 15 is 0 Å². The quantitative estimate of drug-likeness (QED) is 0.368. The number of hydrogen-bond acceptors (Lipinski definition) is 6. The van der Waals surface area contributed by atoms with Crippen molar-refractivity contribution in [3.05, 3.63) is 98.0 Å². The van der Waals surface area contributed by atoms with E-state index in [0.29, 0.717) is 30.4 Å². The zero-order valence-corrected chi connectivity index (χ0v) is 25.2. The Labute approximate surface area is 246 Å². The number of likely N-dealkylation sites (tertiary alicyclic amines) is 1. The first-order valence-corrected chi connectivity index (χ1v) is 14.4. The molecule has 1 saturated heterocycles. The van der Waals surface area contributed by atoms with E-state index in [-0.39, 0.29) is 48.6 Å². The van der Waals surface area contributed by atoms with Crippen LogP contribution in [0, 0.1) is 26.2 Å². The minimum Gasteiger partial charge on any atom is -0.466 e. The van der Waals surface area contributed by atoms with Crippen LogP contribution < -0.4 is 10.9 Å². The number of benzene rings is 2. The van der Waals surface area contributed by atoms with Gasteiger partial charge in [-0.1, -0.05) is 35.9 Å². The first kappa shape index (κ1) is 30.7. The minimum atomic E-state index is -0.920. The molecular formula is C33H40N4O5. The standard InChI is InChI=1S/C33H40N4O5/c1-7-42-32(41)33(5,6)28-14-13-27(24-10-8-9-20(2)15-24)37(28)29(38)19-34-30(39)25-12-11-23(21(3)16-25)18-26-17-22(4)35-36-31(26)40/h8-12,15-17,27-28H,7,13-14,18-19H2,1-6H3,(H,34,39)(H,36,40)/t27-,28+/m0/s1. The molecule has 1 aliphatic rings. The summed E-state index contributed by atoms with van der Waals surface area (Å²) in [5.74, 6) is -0.973. The summed E-state index contributed by atoms with van der Waals surface area (Å²) in [4.78, 5) is 53.8. The SMILES string of the molecule is CCOC(=O)C(C)(C)[C@H]1CC[C@@H](c2cccc(C)c2)N1C(=O)CNC(=O)c1ccc(Cc2cc(C)n[nH]c2=O)c(C)c1. The minimum absolute atomic E-state index is 0.205. The second-order valence-corrected chi connectivity index (χ2v) is 11.6. The second-order valence-electron chi connectivity index (χ2n) is 11.6. The Balaban J connectivity index is 1.51. The van der Waals surface area contributed by atoms with Gasteiger partial charge in [0.2, 0.25) is 5.91 Å². The number of nitrogens with one attached hydrogen (secondary N) is 2. The summed E-state index contributed by atoms with van der Waals surface area (Å²) in [7, 11) is 0. The van der Waals surface area contributed by atoms with E-state index < -0.39 is 5.41 Å². The molecule has 1 aliphatic heterocycles. The van der Waals surface area contributed by atoms with E-state index in [1.165, 1.54) is 0 Å². The molecule has 9 heteroatoms. The second kappa shape index (κ2) is 12.7. The summed E-state index contributed by atoms with van der Waals surface area (Å²) in [6.45, 7) is 11.2. The first-order chi connectivity index (χ1) is 19.9. The molecule has 2 amide bonds. The van der Waals surface area contributed by atoms with Crippen LogP contribution in [0.1, 0.15) is 83.5 Å². The Kier molecular flexibility index (Phi) is 9.29. The summed E-state index contributed by atoms with van der Waals surface area (Å²) in [5.41, 5.74) is 4.45. The third kappa shape index (κ3) is 6.61. The number of rotatable bonds is 9. The molecule has 2 aromatic carbocycles. The molecule has 1 fully saturated rings. The molecule has 3 aromatic rings. The van der Waals surface area contributed by atoms with Crippen LogP contribution in [-0.4, -0.2) is 52.1 Å². The van der Waals surface area contributed by atoms with Crippen molar-refractivity contribution < 1.29 is 19.1 Å². The van der Waals surface area contributed by atoms with Gasteiger partial charge in [0.05, 0.1) is 30.3 Å². The highest BCUT2D eigenvalue weighted by Gasteiger charge is 2.49. The molecule has 0 saturated carbocycles. The summed E-state index contributed by atoms with van der Waals surface area (Å²) in [6.07, 6.45) is 1.76. The van der Waals surface area contributed by atoms with Gasteiger partial charge in [-0.05, 0) is 89.3 Å². The Morgan fingerprint density at radius 1 is 1.05 bits per heavy atom. The highest BCUT2D eigenvalue weighted by atomic mass is 16.5. The van der Waals surface area contributed by atoms with E-state index in [4.69, 9.17) is 4.74 Å². The van der Waals surface area contributed by atoms with Crippen molar-refractivity contribution in [3.8, 4) is 0 Å². The van der Waals surface area contributed by atoms with Crippen LogP contribution in [0.4, 0.5) is 0 Å². The lowest BCUT2D eigenvalue weighted by Gasteiger charge is -2.38. The number of amides is 2. The monoisotopic (exact) mass is 572 g/mol. The molecule has 2 atom stereocenters. The van der Waals surface area contributed by atoms with Crippen LogP contribution in [0.15, 0.2) is 53.3 Å². The van der Waals surface area contributed by atoms with Crippen LogP contribution in [0.2, 0.25) is 0 Å². The molecule has 42 heavy (non-hydrogen) atoms. The molecule has 2 N–H and O–H groups in total. The van der Waals surface area contributed by atoms with Crippen molar-refractivity contribution in [3.63, 3.8) is 0 Å². The number of carbonyl (C=O) groups excluding carboxylic acids is 3. The molecule has 2 heterocycles. The van der Waals surface area contributed by atoms with Crippen molar-refractivity contribution in [1.82, 2.24) is 20.4 Å². The molecule has 1 aromatic heterocycles. The van der Waals surface area contributed by atoms with Crippen molar-refractivity contribution in [2.45, 2.75) is 72.9 Å². The third-order valence-corrected chi connectivity index (χ3v) is 8.13. The molecule has 0 aliphatic carbocycles. The molecule has 0 unspecified atom stereocenters. The number of H-pyrrole nitrogens is 1. The summed E-state index contributed by atoms with van der Waals surface area (Å²) < 4.78 is 5.37. The number of hydrogen-bond donors (Lipinski definition) is 2. The molecule has 9 nitrogen and oxygen atoms in total. The first-order valence-electron chi connectivity index (χ1n) is 14.4. The van der Waals surface area contributed by atoms with E-state index in [0.717, 1.165) is 27.9 Å². The number of nitrogens with zero attached hydrogens (tertiary/aromatic N) is 2. The summed E-state index contributed by atoms with van der Waals surface area (Å²) in [6, 6.07) is 14.5. The molecule has 0 spiro atoms. The largest absolute Gasteiger partial charge is 0.466 e. The Bertz CT molecular complexity index is 1540. The van der Waals surface area contributed by atoms with Gasteiger partial charge >= 0.3 is 5.97 Å². The van der Waals surface area contributed by atoms with Crippen molar-refractivity contribution in [2.75, 3.05) is 13.2 Å². The Morgan fingerprint density at radius 3 is 2.50 bits per heavy atom. The highest BCUT2D eigenvalue weighted by molar-refractivity contribution is 5.97. The number of aromatic nitrogens is 2. The predicted molar refractivity (Wildman–Crippen MR) is 160 cm³/mol. The number of aromatic amines is 1. The summed E-state index contributed by atoms with van der Waals surface area (Å²) >= 11 is 0.